The molecule has 0 radical (unpaired) electrons. The van der Waals surface area contributed by atoms with Gasteiger partial charge in [0.2, 0.25) is 0 Å². The minimum absolute atomic E-state index is 0.168. The highest BCUT2D eigenvalue weighted by molar-refractivity contribution is 5.71. The van der Waals surface area contributed by atoms with E-state index in [1.807, 2.05) is 38.1 Å². The lowest BCUT2D eigenvalue weighted by Gasteiger charge is -2.13. The summed E-state index contributed by atoms with van der Waals surface area (Å²) < 4.78 is 5.72. The number of ether oxygens (including phenoxy) is 1. The fourth-order valence-electron chi connectivity index (χ4n) is 2.20. The topological polar surface area (TPSA) is 35.2 Å². The highest BCUT2D eigenvalue weighted by Crippen LogP contribution is 2.31. The summed E-state index contributed by atoms with van der Waals surface area (Å²) in [4.78, 5) is 0. The smallest absolute Gasteiger partial charge is 0.127 e. The van der Waals surface area contributed by atoms with Crippen LogP contribution >= 0.6 is 0 Å². The molecular weight excluding hydrogens is 234 g/mol. The quantitative estimate of drug-likeness (QED) is 0.885. The summed E-state index contributed by atoms with van der Waals surface area (Å²) in [6.45, 7) is 4.70. The van der Waals surface area contributed by atoms with E-state index < -0.39 is 0 Å². The first-order valence-corrected chi connectivity index (χ1v) is 6.77. The van der Waals surface area contributed by atoms with Gasteiger partial charge in [0.05, 0.1) is 6.61 Å². The molecule has 2 aromatic rings. The van der Waals surface area contributed by atoms with Gasteiger partial charge in [0.25, 0.3) is 0 Å². The van der Waals surface area contributed by atoms with Gasteiger partial charge in [0.15, 0.2) is 0 Å². The van der Waals surface area contributed by atoms with Crippen LogP contribution in [0.15, 0.2) is 48.5 Å². The van der Waals surface area contributed by atoms with Gasteiger partial charge in [0.1, 0.15) is 5.75 Å². The Balaban J connectivity index is 2.42. The van der Waals surface area contributed by atoms with Gasteiger partial charge in [-0.15, -0.1) is 0 Å². The maximum atomic E-state index is 5.88. The van der Waals surface area contributed by atoms with Crippen LogP contribution in [0.25, 0.3) is 11.1 Å². The molecule has 0 bridgehead atoms. The Labute approximate surface area is 115 Å². The molecule has 2 aromatic carbocycles. The van der Waals surface area contributed by atoms with Crippen LogP contribution < -0.4 is 10.5 Å². The zero-order valence-corrected chi connectivity index (χ0v) is 11.6. The summed E-state index contributed by atoms with van der Waals surface area (Å²) in [6, 6.07) is 16.8. The molecule has 0 fully saturated rings. The van der Waals surface area contributed by atoms with E-state index in [1.54, 1.807) is 0 Å². The Morgan fingerprint density at radius 1 is 1.11 bits per heavy atom. The number of hydrogen-bond acceptors (Lipinski definition) is 2. The molecule has 2 heteroatoms. The molecule has 100 valence electrons. The van der Waals surface area contributed by atoms with Gasteiger partial charge in [-0.25, -0.2) is 0 Å². The zero-order valence-electron chi connectivity index (χ0n) is 11.6. The van der Waals surface area contributed by atoms with Gasteiger partial charge < -0.3 is 10.5 Å². The van der Waals surface area contributed by atoms with Crippen LogP contribution in [-0.4, -0.2) is 12.6 Å². The predicted octanol–water partition coefficient (Wildman–Crippen LogP) is 3.64. The third-order valence-corrected chi connectivity index (χ3v) is 2.99. The Hall–Kier alpha value is -1.80. The van der Waals surface area contributed by atoms with Gasteiger partial charge in [-0.2, -0.15) is 0 Å². The van der Waals surface area contributed by atoms with Crippen molar-refractivity contribution in [1.82, 2.24) is 0 Å². The van der Waals surface area contributed by atoms with Gasteiger partial charge in [0, 0.05) is 11.6 Å². The molecule has 2 rings (SSSR count). The third kappa shape index (κ3) is 3.58. The summed E-state index contributed by atoms with van der Waals surface area (Å²) in [5, 5.41) is 0. The van der Waals surface area contributed by atoms with E-state index in [4.69, 9.17) is 10.5 Å². The molecule has 0 aliphatic rings. The Morgan fingerprint density at radius 3 is 2.47 bits per heavy atom. The number of rotatable bonds is 5. The first-order chi connectivity index (χ1) is 9.20. The van der Waals surface area contributed by atoms with Crippen molar-refractivity contribution >= 4 is 0 Å². The van der Waals surface area contributed by atoms with E-state index >= 15 is 0 Å². The minimum Gasteiger partial charge on any atom is -0.493 e. The van der Waals surface area contributed by atoms with Crippen molar-refractivity contribution in [3.63, 3.8) is 0 Å². The van der Waals surface area contributed by atoms with E-state index in [2.05, 4.69) is 24.3 Å². The number of nitrogens with two attached hydrogens (primary N) is 1. The van der Waals surface area contributed by atoms with Crippen molar-refractivity contribution < 1.29 is 4.74 Å². The molecule has 1 atom stereocenters. The third-order valence-electron chi connectivity index (χ3n) is 2.99. The second-order valence-corrected chi connectivity index (χ2v) is 4.81. The lowest BCUT2D eigenvalue weighted by atomic mass is 9.99. The largest absolute Gasteiger partial charge is 0.493 e. The molecule has 0 aliphatic heterocycles. The molecule has 19 heavy (non-hydrogen) atoms. The second kappa shape index (κ2) is 6.39. The average molecular weight is 255 g/mol. The van der Waals surface area contributed by atoms with Crippen LogP contribution in [0.4, 0.5) is 0 Å². The van der Waals surface area contributed by atoms with Gasteiger partial charge in [-0.1, -0.05) is 36.4 Å². The van der Waals surface area contributed by atoms with Gasteiger partial charge >= 0.3 is 0 Å². The van der Waals surface area contributed by atoms with Crippen molar-refractivity contribution in [2.75, 3.05) is 6.61 Å². The van der Waals surface area contributed by atoms with Crippen LogP contribution in [-0.2, 0) is 6.42 Å². The van der Waals surface area contributed by atoms with Crippen LogP contribution in [0, 0.1) is 0 Å². The summed E-state index contributed by atoms with van der Waals surface area (Å²) in [7, 11) is 0. The SMILES string of the molecule is CCOc1ccc(CC(C)N)cc1-c1ccccc1. The fourth-order valence-corrected chi connectivity index (χ4v) is 2.20. The van der Waals surface area contributed by atoms with Crippen molar-refractivity contribution in [1.29, 1.82) is 0 Å². The highest BCUT2D eigenvalue weighted by atomic mass is 16.5. The zero-order chi connectivity index (χ0) is 13.7. The molecule has 0 heterocycles. The van der Waals surface area contributed by atoms with E-state index in [-0.39, 0.29) is 6.04 Å². The lowest BCUT2D eigenvalue weighted by Crippen LogP contribution is -2.17. The van der Waals surface area contributed by atoms with Gasteiger partial charge in [-0.3, -0.25) is 0 Å². The maximum Gasteiger partial charge on any atom is 0.127 e. The summed E-state index contributed by atoms with van der Waals surface area (Å²) in [5.74, 6) is 0.933. The Kier molecular flexibility index (Phi) is 4.58. The summed E-state index contributed by atoms with van der Waals surface area (Å²) >= 11 is 0. The van der Waals surface area contributed by atoms with Crippen LogP contribution in [0.2, 0.25) is 0 Å². The number of hydrogen-bond donors (Lipinski definition) is 1. The summed E-state index contributed by atoms with van der Waals surface area (Å²) in [5.41, 5.74) is 9.44. The Bertz CT molecular complexity index is 520. The molecule has 0 saturated carbocycles. The van der Waals surface area contributed by atoms with Crippen LogP contribution in [0.5, 0.6) is 5.75 Å². The standard InChI is InChI=1S/C17H21NO/c1-3-19-17-10-9-14(11-13(2)18)12-16(17)15-7-5-4-6-8-15/h4-10,12-13H,3,11,18H2,1-2H3. The molecule has 0 saturated heterocycles. The van der Waals surface area contributed by atoms with Crippen molar-refractivity contribution in [3.05, 3.63) is 54.1 Å². The molecular formula is C17H21NO. The molecule has 0 spiro atoms. The lowest BCUT2D eigenvalue weighted by molar-refractivity contribution is 0.341. The normalized spacial score (nSPS) is 12.2. The molecule has 1 unspecified atom stereocenters. The van der Waals surface area contributed by atoms with Gasteiger partial charge in [-0.05, 0) is 43.5 Å². The molecule has 0 aromatic heterocycles. The second-order valence-electron chi connectivity index (χ2n) is 4.81. The van der Waals surface area contributed by atoms with E-state index in [0.29, 0.717) is 6.61 Å². The highest BCUT2D eigenvalue weighted by Gasteiger charge is 2.08. The minimum atomic E-state index is 0.168. The maximum absolute atomic E-state index is 5.88. The Morgan fingerprint density at radius 2 is 1.84 bits per heavy atom. The van der Waals surface area contributed by atoms with Crippen molar-refractivity contribution in [2.24, 2.45) is 5.73 Å². The predicted molar refractivity (Wildman–Crippen MR) is 80.4 cm³/mol. The van der Waals surface area contributed by atoms with E-state index in [0.717, 1.165) is 17.7 Å². The average Bonchev–Trinajstić information content (AvgIpc) is 2.41. The van der Waals surface area contributed by atoms with Crippen molar-refractivity contribution in [3.8, 4) is 16.9 Å². The first-order valence-electron chi connectivity index (χ1n) is 6.77. The number of benzene rings is 2. The monoisotopic (exact) mass is 255 g/mol. The van der Waals surface area contributed by atoms with Crippen LogP contribution in [0.1, 0.15) is 19.4 Å². The first kappa shape index (κ1) is 13.6. The van der Waals surface area contributed by atoms with E-state index in [1.165, 1.54) is 11.1 Å². The molecule has 2 nitrogen and oxygen atoms in total. The van der Waals surface area contributed by atoms with E-state index in [9.17, 15) is 0 Å². The van der Waals surface area contributed by atoms with Crippen molar-refractivity contribution in [2.45, 2.75) is 26.3 Å². The van der Waals surface area contributed by atoms with Crippen LogP contribution in [0.3, 0.4) is 0 Å². The molecule has 0 aliphatic carbocycles. The summed E-state index contributed by atoms with van der Waals surface area (Å²) in [6.07, 6.45) is 0.881. The molecule has 2 N–H and O–H groups in total. The molecule has 0 amide bonds. The fraction of sp³-hybridized carbons (Fsp3) is 0.294.